The summed E-state index contributed by atoms with van der Waals surface area (Å²) in [7, 11) is -2.46. The van der Waals surface area contributed by atoms with Crippen LogP contribution in [0.2, 0.25) is 0 Å². The molecule has 0 amide bonds. The highest BCUT2D eigenvalue weighted by Gasteiger charge is 2.34. The van der Waals surface area contributed by atoms with Crippen molar-refractivity contribution in [3.63, 3.8) is 0 Å². The van der Waals surface area contributed by atoms with Crippen molar-refractivity contribution in [2.75, 3.05) is 38.2 Å². The first-order valence-corrected chi connectivity index (χ1v) is 11.5. The summed E-state index contributed by atoms with van der Waals surface area (Å²) in [5.74, 6) is 1.37. The predicted molar refractivity (Wildman–Crippen MR) is 116 cm³/mol. The zero-order valence-corrected chi connectivity index (χ0v) is 18.5. The molecule has 1 saturated heterocycles. The van der Waals surface area contributed by atoms with E-state index in [0.29, 0.717) is 30.7 Å². The quantitative estimate of drug-likeness (QED) is 0.557. The number of sulfonamides is 1. The van der Waals surface area contributed by atoms with E-state index in [4.69, 9.17) is 4.74 Å². The van der Waals surface area contributed by atoms with Crippen LogP contribution < -0.4 is 9.64 Å². The Labute approximate surface area is 189 Å². The number of nitrogens with zero attached hydrogens (tertiary/aromatic N) is 4. The highest BCUT2D eigenvalue weighted by Crippen LogP contribution is 2.31. The number of halogens is 3. The van der Waals surface area contributed by atoms with Gasteiger partial charge in [-0.05, 0) is 42.5 Å². The summed E-state index contributed by atoms with van der Waals surface area (Å²) < 4.78 is 71.2. The van der Waals surface area contributed by atoms with Gasteiger partial charge in [-0.25, -0.2) is 18.4 Å². The van der Waals surface area contributed by atoms with Crippen molar-refractivity contribution in [3.05, 3.63) is 66.5 Å². The van der Waals surface area contributed by atoms with Crippen LogP contribution >= 0.6 is 0 Å². The average Bonchev–Trinajstić information content (AvgIpc) is 2.84. The largest absolute Gasteiger partial charge is 0.497 e. The van der Waals surface area contributed by atoms with Gasteiger partial charge in [-0.2, -0.15) is 17.5 Å². The van der Waals surface area contributed by atoms with E-state index in [0.717, 1.165) is 23.4 Å². The molecule has 4 rings (SSSR count). The molecule has 33 heavy (non-hydrogen) atoms. The van der Waals surface area contributed by atoms with Crippen LogP contribution in [0.3, 0.4) is 0 Å². The van der Waals surface area contributed by atoms with Gasteiger partial charge in [-0.3, -0.25) is 0 Å². The molecule has 0 aliphatic carbocycles. The third kappa shape index (κ3) is 4.93. The first-order valence-electron chi connectivity index (χ1n) is 10.1. The van der Waals surface area contributed by atoms with Crippen molar-refractivity contribution in [3.8, 4) is 17.0 Å². The number of alkyl halides is 3. The Morgan fingerprint density at radius 1 is 0.939 bits per heavy atom. The highest BCUT2D eigenvalue weighted by molar-refractivity contribution is 7.89. The molecule has 0 bridgehead atoms. The van der Waals surface area contributed by atoms with Crippen LogP contribution in [0.15, 0.2) is 65.8 Å². The topological polar surface area (TPSA) is 75.6 Å². The standard InChI is InChI=1S/C22H21F3N4O3S/c1-32-18-7-5-16(6-8-18)20-14-21(27-15-26-20)28-9-11-29(12-10-28)33(30,31)19-4-2-3-17(13-19)22(23,24)25/h2-8,13-15H,9-12H2,1H3. The summed E-state index contributed by atoms with van der Waals surface area (Å²) in [5, 5.41) is 0. The lowest BCUT2D eigenvalue weighted by molar-refractivity contribution is -0.137. The zero-order valence-electron chi connectivity index (χ0n) is 17.7. The molecule has 0 atom stereocenters. The fourth-order valence-electron chi connectivity index (χ4n) is 3.58. The van der Waals surface area contributed by atoms with E-state index >= 15 is 0 Å². The molecule has 2 heterocycles. The van der Waals surface area contributed by atoms with Gasteiger partial charge in [-0.1, -0.05) is 6.07 Å². The second-order valence-electron chi connectivity index (χ2n) is 7.41. The summed E-state index contributed by atoms with van der Waals surface area (Å²) in [6.07, 6.45) is -3.17. The van der Waals surface area contributed by atoms with Crippen LogP contribution in [0, 0.1) is 0 Å². The summed E-state index contributed by atoms with van der Waals surface area (Å²) in [6.45, 7) is 0.940. The maximum Gasteiger partial charge on any atom is 0.416 e. The number of piperazine rings is 1. The van der Waals surface area contributed by atoms with E-state index in [-0.39, 0.29) is 18.0 Å². The fraction of sp³-hybridized carbons (Fsp3) is 0.273. The number of benzene rings is 2. The lowest BCUT2D eigenvalue weighted by Crippen LogP contribution is -2.49. The normalized spacial score (nSPS) is 15.5. The van der Waals surface area contributed by atoms with Crippen LogP contribution in [0.4, 0.5) is 19.0 Å². The Hall–Kier alpha value is -3.18. The van der Waals surface area contributed by atoms with Crippen molar-refractivity contribution in [1.82, 2.24) is 14.3 Å². The van der Waals surface area contributed by atoms with Gasteiger partial charge >= 0.3 is 6.18 Å². The average molecular weight is 478 g/mol. The second kappa shape index (κ2) is 8.99. The number of rotatable bonds is 5. The second-order valence-corrected chi connectivity index (χ2v) is 9.34. The van der Waals surface area contributed by atoms with E-state index in [1.807, 2.05) is 35.2 Å². The Kier molecular flexibility index (Phi) is 6.26. The number of hydrogen-bond donors (Lipinski definition) is 0. The predicted octanol–water partition coefficient (Wildman–Crippen LogP) is 3.68. The monoisotopic (exact) mass is 478 g/mol. The number of hydrogen-bond acceptors (Lipinski definition) is 6. The van der Waals surface area contributed by atoms with E-state index in [9.17, 15) is 21.6 Å². The molecule has 3 aromatic rings. The Morgan fingerprint density at radius 3 is 2.27 bits per heavy atom. The summed E-state index contributed by atoms with van der Waals surface area (Å²) >= 11 is 0. The van der Waals surface area contributed by atoms with E-state index in [1.54, 1.807) is 7.11 Å². The van der Waals surface area contributed by atoms with Crippen molar-refractivity contribution >= 4 is 15.8 Å². The maximum absolute atomic E-state index is 13.0. The van der Waals surface area contributed by atoms with E-state index in [2.05, 4.69) is 9.97 Å². The highest BCUT2D eigenvalue weighted by atomic mass is 32.2. The summed E-state index contributed by atoms with van der Waals surface area (Å²) in [4.78, 5) is 10.2. The first-order chi connectivity index (χ1) is 15.7. The lowest BCUT2D eigenvalue weighted by atomic mass is 10.1. The van der Waals surface area contributed by atoms with Crippen molar-refractivity contribution < 1.29 is 26.3 Å². The fourth-order valence-corrected chi connectivity index (χ4v) is 5.05. The van der Waals surface area contributed by atoms with Crippen LogP contribution in [0.5, 0.6) is 5.75 Å². The number of aromatic nitrogens is 2. The van der Waals surface area contributed by atoms with Gasteiger partial charge in [0.15, 0.2) is 0 Å². The zero-order chi connectivity index (χ0) is 23.6. The first kappa shape index (κ1) is 23.0. The molecule has 11 heteroatoms. The minimum Gasteiger partial charge on any atom is -0.497 e. The molecule has 0 radical (unpaired) electrons. The van der Waals surface area contributed by atoms with Crippen molar-refractivity contribution in [2.45, 2.75) is 11.1 Å². The smallest absolute Gasteiger partial charge is 0.416 e. The molecule has 7 nitrogen and oxygen atoms in total. The molecular weight excluding hydrogens is 457 g/mol. The molecule has 0 unspecified atom stereocenters. The van der Waals surface area contributed by atoms with E-state index in [1.165, 1.54) is 16.7 Å². The van der Waals surface area contributed by atoms with Crippen LogP contribution in [-0.4, -0.2) is 56.0 Å². The number of methoxy groups -OCH3 is 1. The summed E-state index contributed by atoms with van der Waals surface area (Å²) in [5.41, 5.74) is 0.598. The molecule has 0 spiro atoms. The van der Waals surface area contributed by atoms with Gasteiger partial charge < -0.3 is 9.64 Å². The van der Waals surface area contributed by atoms with Gasteiger partial charge in [0.1, 0.15) is 17.9 Å². The molecule has 0 saturated carbocycles. The molecule has 1 aliphatic rings. The Balaban J connectivity index is 1.48. The third-order valence-corrected chi connectivity index (χ3v) is 7.29. The van der Waals surface area contributed by atoms with Gasteiger partial charge in [-0.15, -0.1) is 0 Å². The molecule has 1 aromatic heterocycles. The Bertz CT molecular complexity index is 1230. The minimum absolute atomic E-state index is 0.125. The van der Waals surface area contributed by atoms with Crippen molar-refractivity contribution in [2.24, 2.45) is 0 Å². The van der Waals surface area contributed by atoms with Gasteiger partial charge in [0.05, 0.1) is 23.3 Å². The third-order valence-electron chi connectivity index (χ3n) is 5.40. The van der Waals surface area contributed by atoms with Crippen LogP contribution in [0.1, 0.15) is 5.56 Å². The lowest BCUT2D eigenvalue weighted by Gasteiger charge is -2.34. The van der Waals surface area contributed by atoms with Crippen molar-refractivity contribution in [1.29, 1.82) is 0 Å². The molecule has 1 aliphatic heterocycles. The molecule has 1 fully saturated rings. The van der Waals surface area contributed by atoms with E-state index < -0.39 is 21.8 Å². The number of anilines is 1. The van der Waals surface area contributed by atoms with Gasteiger partial charge in [0, 0.05) is 37.8 Å². The maximum atomic E-state index is 13.0. The van der Waals surface area contributed by atoms with Gasteiger partial charge in [0.25, 0.3) is 0 Å². The van der Waals surface area contributed by atoms with Crippen LogP contribution in [-0.2, 0) is 16.2 Å². The Morgan fingerprint density at radius 2 is 1.64 bits per heavy atom. The van der Waals surface area contributed by atoms with Crippen LogP contribution in [0.25, 0.3) is 11.3 Å². The SMILES string of the molecule is COc1ccc(-c2cc(N3CCN(S(=O)(=O)c4cccc(C(F)(F)F)c4)CC3)ncn2)cc1. The molecule has 2 aromatic carbocycles. The number of ether oxygens (including phenoxy) is 1. The molecular formula is C22H21F3N4O3S. The van der Waals surface area contributed by atoms with Gasteiger partial charge in [0.2, 0.25) is 10.0 Å². The summed E-state index contributed by atoms with van der Waals surface area (Å²) in [6, 6.07) is 13.0. The minimum atomic E-state index is -4.61. The molecule has 174 valence electrons. The molecule has 0 N–H and O–H groups in total.